The highest BCUT2D eigenvalue weighted by atomic mass is 15.2. The van der Waals surface area contributed by atoms with Gasteiger partial charge in [-0.15, -0.1) is 0 Å². The second-order valence-electron chi connectivity index (χ2n) is 3.30. The average molecular weight is 207 g/mol. The van der Waals surface area contributed by atoms with Crippen LogP contribution in [0.1, 0.15) is 11.1 Å². The molecule has 0 saturated heterocycles. The van der Waals surface area contributed by atoms with E-state index in [1.54, 1.807) is 36.0 Å². The molecule has 4 nitrogen and oxygen atoms in total. The molecule has 0 amide bonds. The van der Waals surface area contributed by atoms with Gasteiger partial charge in [0, 0.05) is 12.6 Å². The highest BCUT2D eigenvalue weighted by molar-refractivity contribution is 5.64. The first kappa shape index (κ1) is 9.95. The van der Waals surface area contributed by atoms with Crippen LogP contribution in [0, 0.1) is 28.9 Å². The molecule has 0 fully saturated rings. The minimum Gasteiger partial charge on any atom is -0.267 e. The fraction of sp³-hybridized carbons (Fsp3) is 0.0833. The number of nitrogens with zero attached hydrogens (tertiary/aromatic N) is 4. The number of aryl methyl sites for hydroxylation is 1. The maximum atomic E-state index is 8.86. The van der Waals surface area contributed by atoms with Crippen molar-refractivity contribution in [2.24, 2.45) is 7.05 Å². The van der Waals surface area contributed by atoms with Gasteiger partial charge in [0.25, 0.3) is 0 Å². The van der Waals surface area contributed by atoms with E-state index in [-0.39, 0.29) is 0 Å². The second kappa shape index (κ2) is 3.88. The Morgan fingerprint density at radius 2 is 1.81 bits per heavy atom. The van der Waals surface area contributed by atoms with Crippen molar-refractivity contribution in [1.29, 1.82) is 10.5 Å². The normalized spacial score (nSPS) is 9.44. The number of aromatic nitrogens is 2. The Morgan fingerprint density at radius 3 is 2.25 bits per heavy atom. The molecule has 1 heterocycles. The molecule has 0 aliphatic heterocycles. The zero-order valence-electron chi connectivity index (χ0n) is 8.60. The Morgan fingerprint density at radius 1 is 1.19 bits per heavy atom. The highest BCUT2D eigenvalue weighted by Gasteiger charge is 2.06. The molecule has 1 aromatic carbocycles. The molecule has 2 rings (SSSR count). The first-order valence-electron chi connectivity index (χ1n) is 4.60. The Bertz CT molecular complexity index is 578. The predicted molar refractivity (Wildman–Crippen MR) is 56.9 cm³/mol. The molecule has 0 saturated carbocycles. The summed E-state index contributed by atoms with van der Waals surface area (Å²) in [5, 5.41) is 21.6. The zero-order chi connectivity index (χ0) is 11.5. The third kappa shape index (κ3) is 1.65. The van der Waals surface area contributed by atoms with Gasteiger partial charge in [0.05, 0.1) is 29.0 Å². The topological polar surface area (TPSA) is 65.4 Å². The van der Waals surface area contributed by atoms with E-state index in [0.717, 1.165) is 11.3 Å². The Labute approximate surface area is 93.0 Å². The van der Waals surface area contributed by atoms with Crippen molar-refractivity contribution in [2.75, 3.05) is 0 Å². The maximum absolute atomic E-state index is 8.86. The molecule has 0 spiro atoms. The van der Waals surface area contributed by atoms with Crippen molar-refractivity contribution in [2.45, 2.75) is 0 Å². The lowest BCUT2D eigenvalue weighted by molar-refractivity contribution is 0.773. The van der Waals surface area contributed by atoms with Gasteiger partial charge >= 0.3 is 0 Å². The summed E-state index contributed by atoms with van der Waals surface area (Å²) in [4.78, 5) is 0. The van der Waals surface area contributed by atoms with Crippen LogP contribution >= 0.6 is 0 Å². The van der Waals surface area contributed by atoms with Crippen LogP contribution in [0.4, 0.5) is 0 Å². The van der Waals surface area contributed by atoms with Crippen molar-refractivity contribution in [3.05, 3.63) is 41.6 Å². The van der Waals surface area contributed by atoms with Gasteiger partial charge in [-0.25, -0.2) is 0 Å². The number of hydrogen-bond acceptors (Lipinski definition) is 3. The van der Waals surface area contributed by atoms with E-state index in [4.69, 9.17) is 10.5 Å². The molecule has 0 aliphatic carbocycles. The molecule has 2 aromatic rings. The van der Waals surface area contributed by atoms with Gasteiger partial charge in [-0.1, -0.05) is 0 Å². The van der Waals surface area contributed by atoms with Gasteiger partial charge in [-0.2, -0.15) is 15.6 Å². The van der Waals surface area contributed by atoms with Gasteiger partial charge in [-0.05, 0) is 24.3 Å². The van der Waals surface area contributed by atoms with Gasteiger partial charge < -0.3 is 0 Å². The molecule has 0 atom stereocenters. The molecule has 4 heteroatoms. The van der Waals surface area contributed by atoms with Crippen molar-refractivity contribution in [3.8, 4) is 23.4 Å². The number of rotatable bonds is 1. The number of benzene rings is 1. The van der Waals surface area contributed by atoms with E-state index in [2.05, 4.69) is 11.3 Å². The third-order valence-corrected chi connectivity index (χ3v) is 2.24. The lowest BCUT2D eigenvalue weighted by atomic mass is 10.0. The number of nitriles is 2. The third-order valence-electron chi connectivity index (χ3n) is 2.24. The minimum absolute atomic E-state index is 0.468. The lowest BCUT2D eigenvalue weighted by Crippen LogP contribution is -1.94. The van der Waals surface area contributed by atoms with Crippen LogP contribution in [0.3, 0.4) is 0 Å². The van der Waals surface area contributed by atoms with E-state index >= 15 is 0 Å². The second-order valence-corrected chi connectivity index (χ2v) is 3.30. The summed E-state index contributed by atoms with van der Waals surface area (Å²) in [6.07, 6.45) is 2.72. The molecule has 75 valence electrons. The first-order valence-corrected chi connectivity index (χ1v) is 4.60. The lowest BCUT2D eigenvalue weighted by Gasteiger charge is -2.03. The molecular formula is C12H7N4. The molecule has 0 aliphatic rings. The molecule has 1 aromatic heterocycles. The smallest absolute Gasteiger partial charge is 0.113 e. The summed E-state index contributed by atoms with van der Waals surface area (Å²) in [7, 11) is 1.79. The van der Waals surface area contributed by atoms with Gasteiger partial charge in [-0.3, -0.25) is 4.68 Å². The van der Waals surface area contributed by atoms with E-state index in [1.165, 1.54) is 0 Å². The van der Waals surface area contributed by atoms with E-state index in [0.29, 0.717) is 11.1 Å². The summed E-state index contributed by atoms with van der Waals surface area (Å²) < 4.78 is 1.65. The highest BCUT2D eigenvalue weighted by Crippen LogP contribution is 2.21. The summed E-state index contributed by atoms with van der Waals surface area (Å²) in [6.45, 7) is 0. The number of hydrogen-bond donors (Lipinski definition) is 0. The largest absolute Gasteiger partial charge is 0.267 e. The van der Waals surface area contributed by atoms with Crippen molar-refractivity contribution >= 4 is 0 Å². The van der Waals surface area contributed by atoms with Crippen LogP contribution in [0.25, 0.3) is 11.3 Å². The van der Waals surface area contributed by atoms with Gasteiger partial charge in [0.15, 0.2) is 0 Å². The molecular weight excluding hydrogens is 200 g/mol. The van der Waals surface area contributed by atoms with Crippen LogP contribution < -0.4 is 0 Å². The van der Waals surface area contributed by atoms with Crippen LogP contribution in [0.15, 0.2) is 24.3 Å². The Kier molecular flexibility index (Phi) is 2.41. The Balaban J connectivity index is 2.63. The van der Waals surface area contributed by atoms with Crippen LogP contribution in [-0.4, -0.2) is 9.78 Å². The summed E-state index contributed by atoms with van der Waals surface area (Å²) >= 11 is 0. The quantitative estimate of drug-likeness (QED) is 0.713. The van der Waals surface area contributed by atoms with E-state index in [1.807, 2.05) is 12.1 Å². The van der Waals surface area contributed by atoms with Crippen LogP contribution in [-0.2, 0) is 7.05 Å². The van der Waals surface area contributed by atoms with Crippen molar-refractivity contribution < 1.29 is 0 Å². The zero-order valence-corrected chi connectivity index (χ0v) is 8.60. The van der Waals surface area contributed by atoms with Crippen molar-refractivity contribution in [3.63, 3.8) is 0 Å². The SMILES string of the molecule is Cn1n[c]cc1-c1cc(C#N)cc(C#N)c1. The van der Waals surface area contributed by atoms with Crippen LogP contribution in [0.5, 0.6) is 0 Å². The average Bonchev–Trinajstić information content (AvgIpc) is 2.74. The Hall–Kier alpha value is -2.59. The summed E-state index contributed by atoms with van der Waals surface area (Å²) in [5.41, 5.74) is 2.56. The molecule has 16 heavy (non-hydrogen) atoms. The predicted octanol–water partition coefficient (Wildman–Crippen LogP) is 1.63. The minimum atomic E-state index is 0.468. The summed E-state index contributed by atoms with van der Waals surface area (Å²) in [6, 6.07) is 10.8. The fourth-order valence-corrected chi connectivity index (χ4v) is 1.50. The molecule has 0 bridgehead atoms. The standard InChI is InChI=1S/C12H7N4/c1-16-12(2-3-15-16)11-5-9(7-13)4-10(6-11)8-14/h2,4-6H,1H3. The van der Waals surface area contributed by atoms with Gasteiger partial charge in [0.1, 0.15) is 6.20 Å². The molecule has 1 radical (unpaired) electrons. The fourth-order valence-electron chi connectivity index (χ4n) is 1.50. The monoisotopic (exact) mass is 207 g/mol. The first-order chi connectivity index (χ1) is 7.74. The molecule has 0 unspecified atom stereocenters. The maximum Gasteiger partial charge on any atom is 0.113 e. The van der Waals surface area contributed by atoms with Crippen LogP contribution in [0.2, 0.25) is 0 Å². The van der Waals surface area contributed by atoms with E-state index in [9.17, 15) is 0 Å². The van der Waals surface area contributed by atoms with E-state index < -0.39 is 0 Å². The van der Waals surface area contributed by atoms with Crippen molar-refractivity contribution in [1.82, 2.24) is 9.78 Å². The summed E-state index contributed by atoms with van der Waals surface area (Å²) in [5.74, 6) is 0. The van der Waals surface area contributed by atoms with Gasteiger partial charge in [0.2, 0.25) is 0 Å². The molecule has 0 N–H and O–H groups in total.